The summed E-state index contributed by atoms with van der Waals surface area (Å²) in [5, 5.41) is 11.0. The number of halogens is 1. The number of aromatic nitrogens is 2. The molecule has 1 heterocycles. The van der Waals surface area contributed by atoms with Gasteiger partial charge in [0.15, 0.2) is 0 Å². The van der Waals surface area contributed by atoms with Crippen LogP contribution >= 0.6 is 11.6 Å². The van der Waals surface area contributed by atoms with E-state index in [0.29, 0.717) is 16.9 Å². The van der Waals surface area contributed by atoms with Gasteiger partial charge in [0.25, 0.3) is 5.69 Å². The van der Waals surface area contributed by atoms with Crippen LogP contribution in [0.2, 0.25) is 5.15 Å². The number of anilines is 1. The topological polar surface area (TPSA) is 104 Å². The van der Waals surface area contributed by atoms with E-state index in [9.17, 15) is 10.1 Å². The van der Waals surface area contributed by atoms with Gasteiger partial charge in [0.05, 0.1) is 4.92 Å². The third kappa shape index (κ3) is 2.94. The van der Waals surface area contributed by atoms with Crippen LogP contribution in [0, 0.1) is 24.0 Å². The van der Waals surface area contributed by atoms with E-state index in [4.69, 9.17) is 22.1 Å². The van der Waals surface area contributed by atoms with Crippen LogP contribution in [0.15, 0.2) is 18.2 Å². The maximum Gasteiger partial charge on any atom is 0.272 e. The molecule has 7 nitrogen and oxygen atoms in total. The minimum Gasteiger partial charge on any atom is -0.439 e. The lowest BCUT2D eigenvalue weighted by Gasteiger charge is -2.09. The van der Waals surface area contributed by atoms with Gasteiger partial charge in [-0.15, -0.1) is 0 Å². The highest BCUT2D eigenvalue weighted by atomic mass is 35.5. The summed E-state index contributed by atoms with van der Waals surface area (Å²) in [6, 6.07) is 4.42. The zero-order valence-electron chi connectivity index (χ0n) is 10.8. The lowest BCUT2D eigenvalue weighted by molar-refractivity contribution is -0.385. The van der Waals surface area contributed by atoms with Gasteiger partial charge < -0.3 is 10.5 Å². The summed E-state index contributed by atoms with van der Waals surface area (Å²) in [5.74, 6) is 0.616. The molecule has 0 spiro atoms. The minimum absolute atomic E-state index is 0.0104. The zero-order valence-corrected chi connectivity index (χ0v) is 11.5. The van der Waals surface area contributed by atoms with E-state index < -0.39 is 4.92 Å². The molecule has 0 unspecified atom stereocenters. The fourth-order valence-corrected chi connectivity index (χ4v) is 1.84. The highest BCUT2D eigenvalue weighted by molar-refractivity contribution is 6.29. The van der Waals surface area contributed by atoms with Crippen molar-refractivity contribution in [3.05, 3.63) is 44.6 Å². The molecule has 2 rings (SSSR count). The van der Waals surface area contributed by atoms with Crippen molar-refractivity contribution < 1.29 is 9.66 Å². The number of nitro benzene ring substituents is 1. The van der Waals surface area contributed by atoms with E-state index in [1.54, 1.807) is 19.9 Å². The number of nitrogens with zero attached hydrogens (tertiary/aromatic N) is 3. The van der Waals surface area contributed by atoms with Crippen molar-refractivity contribution in [2.24, 2.45) is 0 Å². The normalized spacial score (nSPS) is 10.3. The first-order valence-corrected chi connectivity index (χ1v) is 5.98. The Morgan fingerprint density at radius 2 is 1.95 bits per heavy atom. The first-order valence-electron chi connectivity index (χ1n) is 5.60. The number of rotatable bonds is 3. The van der Waals surface area contributed by atoms with Crippen LogP contribution in [0.25, 0.3) is 0 Å². The fourth-order valence-electron chi connectivity index (χ4n) is 1.66. The number of hydrogen-bond donors (Lipinski definition) is 1. The monoisotopic (exact) mass is 294 g/mol. The second-order valence-electron chi connectivity index (χ2n) is 4.15. The molecule has 0 saturated heterocycles. The average molecular weight is 295 g/mol. The molecule has 0 saturated carbocycles. The molecule has 20 heavy (non-hydrogen) atoms. The van der Waals surface area contributed by atoms with Crippen molar-refractivity contribution >= 4 is 23.2 Å². The SMILES string of the molecule is Cc1cc([N+](=O)[O-])c(C)cc1Oc1cc(Cl)nc(N)n1. The van der Waals surface area contributed by atoms with Crippen molar-refractivity contribution in [2.75, 3.05) is 5.73 Å². The van der Waals surface area contributed by atoms with Crippen molar-refractivity contribution in [1.82, 2.24) is 9.97 Å². The van der Waals surface area contributed by atoms with Crippen LogP contribution in [-0.4, -0.2) is 14.9 Å². The zero-order chi connectivity index (χ0) is 14.9. The van der Waals surface area contributed by atoms with Gasteiger partial charge in [-0.25, -0.2) is 4.98 Å². The Bertz CT molecular complexity index is 670. The molecule has 0 fully saturated rings. The van der Waals surface area contributed by atoms with Crippen LogP contribution in [0.1, 0.15) is 11.1 Å². The van der Waals surface area contributed by atoms with E-state index in [-0.39, 0.29) is 22.7 Å². The van der Waals surface area contributed by atoms with Crippen molar-refractivity contribution in [3.8, 4) is 11.6 Å². The van der Waals surface area contributed by atoms with Crippen LogP contribution < -0.4 is 10.5 Å². The van der Waals surface area contributed by atoms with Crippen LogP contribution in [-0.2, 0) is 0 Å². The number of nitrogen functional groups attached to an aromatic ring is 1. The van der Waals surface area contributed by atoms with E-state index in [0.717, 1.165) is 0 Å². The van der Waals surface area contributed by atoms with Gasteiger partial charge in [0.2, 0.25) is 11.8 Å². The van der Waals surface area contributed by atoms with Crippen LogP contribution in [0.4, 0.5) is 11.6 Å². The van der Waals surface area contributed by atoms with E-state index in [1.165, 1.54) is 12.1 Å². The number of hydrogen-bond acceptors (Lipinski definition) is 6. The minimum atomic E-state index is -0.439. The summed E-state index contributed by atoms with van der Waals surface area (Å²) >= 11 is 5.75. The molecular formula is C12H11ClN4O3. The van der Waals surface area contributed by atoms with Gasteiger partial charge in [0, 0.05) is 17.7 Å². The standard InChI is InChI=1S/C12H11ClN4O3/c1-6-4-9(7(2)3-8(6)17(18)19)20-11-5-10(13)15-12(14)16-11/h3-5H,1-2H3,(H2,14,15,16). The molecule has 0 amide bonds. The first-order chi connectivity index (χ1) is 9.36. The predicted octanol–water partition coefficient (Wildman–Crippen LogP) is 3.03. The number of nitrogens with two attached hydrogens (primary N) is 1. The van der Waals surface area contributed by atoms with E-state index in [1.807, 2.05) is 0 Å². The Labute approximate surface area is 119 Å². The Hall–Kier alpha value is -2.41. The van der Waals surface area contributed by atoms with Gasteiger partial charge in [-0.1, -0.05) is 11.6 Å². The van der Waals surface area contributed by atoms with Gasteiger partial charge >= 0.3 is 0 Å². The molecule has 0 aliphatic rings. The summed E-state index contributed by atoms with van der Waals surface area (Å²) in [5.41, 5.74) is 6.60. The Morgan fingerprint density at radius 1 is 1.25 bits per heavy atom. The molecular weight excluding hydrogens is 284 g/mol. The molecule has 1 aromatic carbocycles. The molecule has 0 aliphatic carbocycles. The summed E-state index contributed by atoms with van der Waals surface area (Å²) in [7, 11) is 0. The third-order valence-corrected chi connectivity index (χ3v) is 2.79. The Balaban J connectivity index is 2.39. The number of ether oxygens (including phenoxy) is 1. The molecule has 1 aromatic heterocycles. The van der Waals surface area contributed by atoms with Crippen molar-refractivity contribution in [1.29, 1.82) is 0 Å². The average Bonchev–Trinajstić information content (AvgIpc) is 2.31. The molecule has 104 valence electrons. The van der Waals surface area contributed by atoms with E-state index in [2.05, 4.69) is 9.97 Å². The van der Waals surface area contributed by atoms with Crippen LogP contribution in [0.5, 0.6) is 11.6 Å². The van der Waals surface area contributed by atoms with Gasteiger partial charge in [-0.3, -0.25) is 10.1 Å². The Kier molecular flexibility index (Phi) is 3.71. The molecule has 8 heteroatoms. The number of aryl methyl sites for hydroxylation is 2. The molecule has 2 aromatic rings. The van der Waals surface area contributed by atoms with Crippen molar-refractivity contribution in [2.45, 2.75) is 13.8 Å². The lowest BCUT2D eigenvalue weighted by Crippen LogP contribution is -1.99. The molecule has 0 bridgehead atoms. The summed E-state index contributed by atoms with van der Waals surface area (Å²) in [6.07, 6.45) is 0. The molecule has 2 N–H and O–H groups in total. The predicted molar refractivity (Wildman–Crippen MR) is 74.1 cm³/mol. The third-order valence-electron chi connectivity index (χ3n) is 2.59. The number of nitro groups is 1. The second-order valence-corrected chi connectivity index (χ2v) is 4.54. The second kappa shape index (κ2) is 5.30. The van der Waals surface area contributed by atoms with Gasteiger partial charge in [-0.2, -0.15) is 4.98 Å². The summed E-state index contributed by atoms with van der Waals surface area (Å²) in [6.45, 7) is 3.33. The maximum atomic E-state index is 10.8. The van der Waals surface area contributed by atoms with Gasteiger partial charge in [0.1, 0.15) is 10.9 Å². The smallest absolute Gasteiger partial charge is 0.272 e. The quantitative estimate of drug-likeness (QED) is 0.530. The highest BCUT2D eigenvalue weighted by Gasteiger charge is 2.15. The van der Waals surface area contributed by atoms with Crippen LogP contribution in [0.3, 0.4) is 0 Å². The summed E-state index contributed by atoms with van der Waals surface area (Å²) in [4.78, 5) is 18.0. The fraction of sp³-hybridized carbons (Fsp3) is 0.167. The molecule has 0 atom stereocenters. The first kappa shape index (κ1) is 14.0. The van der Waals surface area contributed by atoms with Crippen molar-refractivity contribution in [3.63, 3.8) is 0 Å². The molecule has 0 aliphatic heterocycles. The molecule has 0 radical (unpaired) electrons. The number of benzene rings is 1. The van der Waals surface area contributed by atoms with E-state index >= 15 is 0 Å². The highest BCUT2D eigenvalue weighted by Crippen LogP contribution is 2.31. The summed E-state index contributed by atoms with van der Waals surface area (Å²) < 4.78 is 5.55. The maximum absolute atomic E-state index is 10.8. The van der Waals surface area contributed by atoms with Gasteiger partial charge in [-0.05, 0) is 25.5 Å². The largest absolute Gasteiger partial charge is 0.439 e. The Morgan fingerprint density at radius 3 is 2.55 bits per heavy atom. The lowest BCUT2D eigenvalue weighted by atomic mass is 10.1.